The second-order valence-corrected chi connectivity index (χ2v) is 18.1. The third kappa shape index (κ3) is 5.47. The van der Waals surface area contributed by atoms with E-state index < -0.39 is 19.8 Å². The van der Waals surface area contributed by atoms with Crippen LogP contribution in [0.5, 0.6) is 0 Å². The lowest BCUT2D eigenvalue weighted by Gasteiger charge is -2.45. The Hall–Kier alpha value is -2.09. The van der Waals surface area contributed by atoms with Gasteiger partial charge in [0.15, 0.2) is 0 Å². The average Bonchev–Trinajstić information content (AvgIpc) is 3.22. The predicted molar refractivity (Wildman–Crippen MR) is 154 cm³/mol. The molecule has 0 saturated heterocycles. The van der Waals surface area contributed by atoms with Crippen LogP contribution in [0.1, 0.15) is 63.1 Å². The summed E-state index contributed by atoms with van der Waals surface area (Å²) < 4.78 is 47.1. The third-order valence-corrected chi connectivity index (χ3v) is 14.9. The van der Waals surface area contributed by atoms with Crippen molar-refractivity contribution in [2.75, 3.05) is 20.7 Å². The topological polar surface area (TPSA) is 28.3 Å². The fourth-order valence-corrected chi connectivity index (χ4v) is 8.03. The number of ether oxygens (including phenoxy) is 1. The highest BCUT2D eigenvalue weighted by Gasteiger charge is 2.41. The van der Waals surface area contributed by atoms with Crippen molar-refractivity contribution in [3.05, 3.63) is 65.2 Å². The molecule has 38 heavy (non-hydrogen) atoms. The van der Waals surface area contributed by atoms with E-state index in [2.05, 4.69) is 88.2 Å². The lowest BCUT2D eigenvalue weighted by atomic mass is 9.72. The van der Waals surface area contributed by atoms with Gasteiger partial charge < -0.3 is 9.72 Å². The number of nitrogens with one attached hydrogen (secondary N) is 1. The zero-order valence-corrected chi connectivity index (χ0v) is 24.9. The number of hydrogen-bond acceptors (Lipinski definition) is 2. The lowest BCUT2D eigenvalue weighted by Crippen LogP contribution is -2.51. The summed E-state index contributed by atoms with van der Waals surface area (Å²) in [6.07, 6.45) is -0.117. The van der Waals surface area contributed by atoms with Gasteiger partial charge in [-0.25, -0.2) is 0 Å². The highest BCUT2D eigenvalue weighted by Crippen LogP contribution is 2.43. The summed E-state index contributed by atoms with van der Waals surface area (Å²) >= 11 is 0. The molecule has 2 aromatic carbocycles. The monoisotopic (exact) mass is 544 g/mol. The highest BCUT2D eigenvalue weighted by molar-refractivity contribution is 6.92. The number of halogens is 3. The predicted octanol–water partition coefficient (Wildman–Crippen LogP) is 8.07. The van der Waals surface area contributed by atoms with Crippen LogP contribution in [0.3, 0.4) is 0 Å². The number of rotatable bonds is 7. The SMILES string of the molecule is CN(C)C1(c2ccccc2)CCC(COCc2c([Si](C)(C)C(C)(C)C)[nH]c3ccc(C(F)(F)F)cc23)CC1. The van der Waals surface area contributed by atoms with E-state index in [0.717, 1.165) is 42.1 Å². The highest BCUT2D eigenvalue weighted by atomic mass is 28.3. The Kier molecular flexibility index (Phi) is 7.96. The van der Waals surface area contributed by atoms with E-state index in [1.54, 1.807) is 6.07 Å². The molecule has 0 unspecified atom stereocenters. The molecule has 1 heterocycles. The summed E-state index contributed by atoms with van der Waals surface area (Å²) in [6.45, 7) is 12.2. The van der Waals surface area contributed by atoms with Crippen LogP contribution in [0.4, 0.5) is 13.2 Å². The molecule has 1 saturated carbocycles. The van der Waals surface area contributed by atoms with E-state index in [-0.39, 0.29) is 10.6 Å². The number of alkyl halides is 3. The van der Waals surface area contributed by atoms with Crippen LogP contribution in [0.15, 0.2) is 48.5 Å². The van der Waals surface area contributed by atoms with Gasteiger partial charge in [-0.3, -0.25) is 4.90 Å². The van der Waals surface area contributed by atoms with Gasteiger partial charge in [-0.2, -0.15) is 13.2 Å². The van der Waals surface area contributed by atoms with Gasteiger partial charge in [0.05, 0.1) is 12.2 Å². The molecule has 0 spiro atoms. The van der Waals surface area contributed by atoms with E-state index in [0.29, 0.717) is 24.5 Å². The maximum absolute atomic E-state index is 13.6. The second-order valence-electron chi connectivity index (χ2n) is 12.9. The van der Waals surface area contributed by atoms with Crippen LogP contribution in [0.2, 0.25) is 18.1 Å². The molecule has 3 nitrogen and oxygen atoms in total. The van der Waals surface area contributed by atoms with Gasteiger partial charge in [-0.15, -0.1) is 0 Å². The Morgan fingerprint density at radius 3 is 2.18 bits per heavy atom. The minimum absolute atomic E-state index is 0.0335. The van der Waals surface area contributed by atoms with E-state index in [4.69, 9.17) is 4.74 Å². The summed E-state index contributed by atoms with van der Waals surface area (Å²) in [4.78, 5) is 5.88. The first-order valence-electron chi connectivity index (χ1n) is 13.7. The van der Waals surface area contributed by atoms with E-state index in [1.165, 1.54) is 17.7 Å². The minimum atomic E-state index is -4.37. The van der Waals surface area contributed by atoms with Gasteiger partial charge >= 0.3 is 6.18 Å². The maximum atomic E-state index is 13.6. The number of nitrogens with zero attached hydrogens (tertiary/aromatic N) is 1. The van der Waals surface area contributed by atoms with Crippen molar-refractivity contribution in [2.24, 2.45) is 5.92 Å². The first kappa shape index (κ1) is 28.9. The number of aromatic nitrogens is 1. The van der Waals surface area contributed by atoms with Crippen molar-refractivity contribution in [2.45, 2.75) is 82.9 Å². The van der Waals surface area contributed by atoms with Gasteiger partial charge in [-0.1, -0.05) is 64.2 Å². The largest absolute Gasteiger partial charge is 0.416 e. The van der Waals surface area contributed by atoms with Crippen molar-refractivity contribution in [1.82, 2.24) is 9.88 Å². The Balaban J connectivity index is 1.54. The van der Waals surface area contributed by atoms with Crippen molar-refractivity contribution in [1.29, 1.82) is 0 Å². The molecule has 0 bridgehead atoms. The zero-order chi connectivity index (χ0) is 27.9. The number of fused-ring (bicyclic) bond motifs is 1. The van der Waals surface area contributed by atoms with E-state index in [1.807, 2.05) is 0 Å². The molecule has 4 rings (SSSR count). The molecule has 1 aliphatic rings. The molecular weight excluding hydrogens is 501 g/mol. The minimum Gasteiger partial charge on any atom is -0.376 e. The maximum Gasteiger partial charge on any atom is 0.416 e. The number of benzene rings is 2. The molecule has 0 aliphatic heterocycles. The standard InChI is InChI=1S/C31H43F3N2OSi/c1-29(2,3)38(6,7)28-26(25-19-24(31(32,33)34)13-14-27(25)35-28)21-37-20-22-15-17-30(18-16-22,36(4)5)23-11-9-8-10-12-23/h8-14,19,22,35H,15-18,20-21H2,1-7H3. The fourth-order valence-electron chi connectivity index (χ4n) is 5.87. The van der Waals surface area contributed by atoms with Crippen LogP contribution < -0.4 is 5.32 Å². The normalized spacial score (nSPS) is 21.4. The van der Waals surface area contributed by atoms with Gasteiger partial charge in [0.2, 0.25) is 0 Å². The van der Waals surface area contributed by atoms with Gasteiger partial charge in [0.1, 0.15) is 8.07 Å². The molecule has 1 aromatic heterocycles. The van der Waals surface area contributed by atoms with Gasteiger partial charge in [0.25, 0.3) is 0 Å². The molecule has 0 radical (unpaired) electrons. The molecule has 1 aliphatic carbocycles. The molecule has 1 N–H and O–H groups in total. The summed E-state index contributed by atoms with van der Waals surface area (Å²) in [6, 6.07) is 14.8. The molecule has 3 aromatic rings. The average molecular weight is 545 g/mol. The Morgan fingerprint density at radius 1 is 1.00 bits per heavy atom. The number of hydrogen-bond donors (Lipinski definition) is 1. The smallest absolute Gasteiger partial charge is 0.376 e. The third-order valence-electron chi connectivity index (χ3n) is 9.43. The Morgan fingerprint density at radius 2 is 1.63 bits per heavy atom. The van der Waals surface area contributed by atoms with Crippen LogP contribution in [-0.2, 0) is 23.1 Å². The van der Waals surface area contributed by atoms with Crippen molar-refractivity contribution in [3.63, 3.8) is 0 Å². The van der Waals surface area contributed by atoms with Gasteiger partial charge in [0, 0.05) is 33.9 Å². The summed E-state index contributed by atoms with van der Waals surface area (Å²) in [5.41, 5.74) is 2.45. The van der Waals surface area contributed by atoms with Crippen LogP contribution in [0, 0.1) is 5.92 Å². The van der Waals surface area contributed by atoms with Crippen LogP contribution in [-0.4, -0.2) is 38.7 Å². The molecule has 208 valence electrons. The Labute approximate surface area is 226 Å². The van der Waals surface area contributed by atoms with Crippen molar-refractivity contribution in [3.8, 4) is 0 Å². The van der Waals surface area contributed by atoms with Crippen LogP contribution in [0.25, 0.3) is 10.9 Å². The van der Waals surface area contributed by atoms with Crippen molar-refractivity contribution >= 4 is 24.3 Å². The Bertz CT molecular complexity index is 1230. The van der Waals surface area contributed by atoms with E-state index in [9.17, 15) is 13.2 Å². The quantitative estimate of drug-likeness (QED) is 0.305. The number of aromatic amines is 1. The second kappa shape index (κ2) is 10.5. The zero-order valence-electron chi connectivity index (χ0n) is 23.9. The summed E-state index contributed by atoms with van der Waals surface area (Å²) in [7, 11) is 2.28. The lowest BCUT2D eigenvalue weighted by molar-refractivity contribution is -0.137. The molecule has 0 atom stereocenters. The summed E-state index contributed by atoms with van der Waals surface area (Å²) in [5, 5.41) is 1.77. The molecule has 0 amide bonds. The van der Waals surface area contributed by atoms with E-state index >= 15 is 0 Å². The molecular formula is C31H43F3N2OSi. The fraction of sp³-hybridized carbons (Fsp3) is 0.548. The van der Waals surface area contributed by atoms with Crippen molar-refractivity contribution < 1.29 is 17.9 Å². The first-order valence-corrected chi connectivity index (χ1v) is 16.7. The number of H-pyrrole nitrogens is 1. The molecule has 7 heteroatoms. The van der Waals surface area contributed by atoms with Crippen LogP contribution >= 0.6 is 0 Å². The first-order chi connectivity index (χ1) is 17.7. The van der Waals surface area contributed by atoms with Gasteiger partial charge in [-0.05, 0) is 74.5 Å². The summed E-state index contributed by atoms with van der Waals surface area (Å²) in [5.74, 6) is 0.444. The molecule has 1 fully saturated rings.